The van der Waals surface area contributed by atoms with Crippen LogP contribution in [0, 0.1) is 0 Å². The molecule has 1 N–H and O–H groups in total. The molecule has 4 nitrogen and oxygen atoms in total. The van der Waals surface area contributed by atoms with Gasteiger partial charge in [-0.25, -0.2) is 8.42 Å². The zero-order valence-electron chi connectivity index (χ0n) is 10.5. The van der Waals surface area contributed by atoms with Crippen molar-refractivity contribution in [1.29, 1.82) is 0 Å². The molecular formula is C13H20N2O2S. The normalized spacial score (nSPS) is 17.6. The first-order valence-electron chi connectivity index (χ1n) is 6.44. The van der Waals surface area contributed by atoms with Gasteiger partial charge in [-0.3, -0.25) is 4.72 Å². The molecule has 0 amide bonds. The third-order valence-corrected chi connectivity index (χ3v) is 4.44. The molecule has 0 unspecified atom stereocenters. The zero-order chi connectivity index (χ0) is 12.8. The number of anilines is 1. The molecule has 100 valence electrons. The second-order valence-corrected chi connectivity index (χ2v) is 6.53. The summed E-state index contributed by atoms with van der Waals surface area (Å²) >= 11 is 0. The Morgan fingerprint density at radius 1 is 1.06 bits per heavy atom. The van der Waals surface area contributed by atoms with Crippen LogP contribution in [0.3, 0.4) is 0 Å². The van der Waals surface area contributed by atoms with Crippen LogP contribution >= 0.6 is 0 Å². The van der Waals surface area contributed by atoms with Crippen LogP contribution in [-0.2, 0) is 10.0 Å². The van der Waals surface area contributed by atoms with Crippen molar-refractivity contribution in [2.45, 2.75) is 19.3 Å². The SMILES string of the molecule is O=S(=O)(CCN1CCCCC1)Nc1ccccc1. The maximum absolute atomic E-state index is 11.9. The second-order valence-electron chi connectivity index (χ2n) is 4.69. The van der Waals surface area contributed by atoms with E-state index in [9.17, 15) is 8.42 Å². The number of sulfonamides is 1. The third kappa shape index (κ3) is 4.31. The maximum atomic E-state index is 11.9. The first-order chi connectivity index (χ1) is 8.66. The number of rotatable bonds is 5. The van der Waals surface area contributed by atoms with Gasteiger partial charge in [0, 0.05) is 12.2 Å². The molecule has 0 saturated carbocycles. The summed E-state index contributed by atoms with van der Waals surface area (Å²) in [6.07, 6.45) is 3.64. The smallest absolute Gasteiger partial charge is 0.233 e. The van der Waals surface area contributed by atoms with E-state index in [4.69, 9.17) is 0 Å². The van der Waals surface area contributed by atoms with Gasteiger partial charge in [0.05, 0.1) is 5.75 Å². The van der Waals surface area contributed by atoms with Gasteiger partial charge in [-0.05, 0) is 38.1 Å². The molecule has 0 spiro atoms. The predicted molar refractivity (Wildman–Crippen MR) is 74.1 cm³/mol. The van der Waals surface area contributed by atoms with Gasteiger partial charge in [-0.15, -0.1) is 0 Å². The second kappa shape index (κ2) is 6.20. The first kappa shape index (κ1) is 13.4. The van der Waals surface area contributed by atoms with Gasteiger partial charge in [-0.1, -0.05) is 24.6 Å². The Kier molecular flexibility index (Phi) is 4.60. The summed E-state index contributed by atoms with van der Waals surface area (Å²) < 4.78 is 26.4. The van der Waals surface area contributed by atoms with Crippen molar-refractivity contribution in [3.8, 4) is 0 Å². The lowest BCUT2D eigenvalue weighted by Crippen LogP contribution is -2.35. The number of nitrogens with zero attached hydrogens (tertiary/aromatic N) is 1. The predicted octanol–water partition coefficient (Wildman–Crippen LogP) is 1.91. The van der Waals surface area contributed by atoms with E-state index in [0.29, 0.717) is 12.2 Å². The average Bonchev–Trinajstić information content (AvgIpc) is 2.38. The Bertz CT molecular complexity index is 453. The van der Waals surface area contributed by atoms with E-state index in [0.717, 1.165) is 13.1 Å². The van der Waals surface area contributed by atoms with E-state index >= 15 is 0 Å². The molecule has 0 radical (unpaired) electrons. The third-order valence-electron chi connectivity index (χ3n) is 3.17. The Labute approximate surface area is 109 Å². The highest BCUT2D eigenvalue weighted by atomic mass is 32.2. The van der Waals surface area contributed by atoms with Gasteiger partial charge in [0.25, 0.3) is 0 Å². The summed E-state index contributed by atoms with van der Waals surface area (Å²) in [5, 5.41) is 0. The minimum atomic E-state index is -3.23. The molecule has 1 aliphatic heterocycles. The van der Waals surface area contributed by atoms with E-state index in [-0.39, 0.29) is 5.75 Å². The number of hydrogen-bond donors (Lipinski definition) is 1. The minimum absolute atomic E-state index is 0.169. The van der Waals surface area contributed by atoms with Crippen molar-refractivity contribution in [2.75, 3.05) is 30.1 Å². The Hall–Kier alpha value is -1.07. The molecule has 1 heterocycles. The summed E-state index contributed by atoms with van der Waals surface area (Å²) in [6.45, 7) is 2.68. The minimum Gasteiger partial charge on any atom is -0.302 e. The molecule has 1 aliphatic rings. The lowest BCUT2D eigenvalue weighted by molar-refractivity contribution is 0.241. The molecule has 1 aromatic rings. The highest BCUT2D eigenvalue weighted by Gasteiger charge is 2.15. The maximum Gasteiger partial charge on any atom is 0.233 e. The first-order valence-corrected chi connectivity index (χ1v) is 8.09. The Morgan fingerprint density at radius 2 is 1.72 bits per heavy atom. The van der Waals surface area contributed by atoms with Crippen LogP contribution in [-0.4, -0.2) is 38.7 Å². The van der Waals surface area contributed by atoms with E-state index < -0.39 is 10.0 Å². The van der Waals surface area contributed by atoms with Gasteiger partial charge in [-0.2, -0.15) is 0 Å². The molecule has 5 heteroatoms. The highest BCUT2D eigenvalue weighted by molar-refractivity contribution is 7.92. The van der Waals surface area contributed by atoms with Crippen LogP contribution in [0.25, 0.3) is 0 Å². The fraction of sp³-hybridized carbons (Fsp3) is 0.538. The van der Waals surface area contributed by atoms with Gasteiger partial charge in [0.1, 0.15) is 0 Å². The fourth-order valence-corrected chi connectivity index (χ4v) is 3.26. The summed E-state index contributed by atoms with van der Waals surface area (Å²) in [6, 6.07) is 9.04. The monoisotopic (exact) mass is 268 g/mol. The zero-order valence-corrected chi connectivity index (χ0v) is 11.3. The van der Waals surface area contributed by atoms with Crippen molar-refractivity contribution in [1.82, 2.24) is 4.90 Å². The van der Waals surface area contributed by atoms with Crippen LogP contribution in [0.4, 0.5) is 5.69 Å². The molecule has 2 rings (SSSR count). The van der Waals surface area contributed by atoms with Crippen LogP contribution in [0.2, 0.25) is 0 Å². The highest BCUT2D eigenvalue weighted by Crippen LogP contribution is 2.10. The van der Waals surface area contributed by atoms with Gasteiger partial charge in [0.15, 0.2) is 0 Å². The van der Waals surface area contributed by atoms with Crippen LogP contribution in [0.5, 0.6) is 0 Å². The fourth-order valence-electron chi connectivity index (χ4n) is 2.17. The molecule has 1 fully saturated rings. The van der Waals surface area contributed by atoms with E-state index in [1.807, 2.05) is 18.2 Å². The van der Waals surface area contributed by atoms with Crippen molar-refractivity contribution in [3.63, 3.8) is 0 Å². The number of benzene rings is 1. The number of hydrogen-bond acceptors (Lipinski definition) is 3. The van der Waals surface area contributed by atoms with Crippen molar-refractivity contribution >= 4 is 15.7 Å². The number of nitrogens with one attached hydrogen (secondary N) is 1. The van der Waals surface area contributed by atoms with E-state index in [1.54, 1.807) is 12.1 Å². The van der Waals surface area contributed by atoms with Gasteiger partial charge < -0.3 is 4.90 Å². The Balaban J connectivity index is 1.83. The van der Waals surface area contributed by atoms with Crippen molar-refractivity contribution in [3.05, 3.63) is 30.3 Å². The van der Waals surface area contributed by atoms with Gasteiger partial charge in [0.2, 0.25) is 10.0 Å². The lowest BCUT2D eigenvalue weighted by Gasteiger charge is -2.26. The largest absolute Gasteiger partial charge is 0.302 e. The topological polar surface area (TPSA) is 49.4 Å². The van der Waals surface area contributed by atoms with Crippen molar-refractivity contribution in [2.24, 2.45) is 0 Å². The summed E-state index contributed by atoms with van der Waals surface area (Å²) in [5.74, 6) is 0.169. The quantitative estimate of drug-likeness (QED) is 0.887. The summed E-state index contributed by atoms with van der Waals surface area (Å²) in [5.41, 5.74) is 0.635. The molecule has 1 aromatic carbocycles. The van der Waals surface area contributed by atoms with E-state index in [2.05, 4.69) is 9.62 Å². The molecule has 1 saturated heterocycles. The molecule has 0 aromatic heterocycles. The number of piperidine rings is 1. The number of likely N-dealkylation sites (tertiary alicyclic amines) is 1. The lowest BCUT2D eigenvalue weighted by atomic mass is 10.1. The molecule has 0 atom stereocenters. The van der Waals surface area contributed by atoms with Crippen LogP contribution < -0.4 is 4.72 Å². The molecular weight excluding hydrogens is 248 g/mol. The van der Waals surface area contributed by atoms with Crippen LogP contribution in [0.15, 0.2) is 30.3 Å². The summed E-state index contributed by atoms with van der Waals surface area (Å²) in [7, 11) is -3.23. The Morgan fingerprint density at radius 3 is 2.39 bits per heavy atom. The molecule has 0 aliphatic carbocycles. The number of para-hydroxylation sites is 1. The van der Waals surface area contributed by atoms with E-state index in [1.165, 1.54) is 19.3 Å². The van der Waals surface area contributed by atoms with Crippen LogP contribution in [0.1, 0.15) is 19.3 Å². The van der Waals surface area contributed by atoms with Gasteiger partial charge >= 0.3 is 0 Å². The average molecular weight is 268 g/mol. The molecule has 0 bridgehead atoms. The van der Waals surface area contributed by atoms with Crippen molar-refractivity contribution < 1.29 is 8.42 Å². The molecule has 18 heavy (non-hydrogen) atoms. The summed E-state index contributed by atoms with van der Waals surface area (Å²) in [4.78, 5) is 2.23. The standard InChI is InChI=1S/C13H20N2O2S/c16-18(17,14-13-7-3-1-4-8-13)12-11-15-9-5-2-6-10-15/h1,3-4,7-8,14H,2,5-6,9-12H2.